The number of aryl methyl sites for hydroxylation is 2. The van der Waals surface area contributed by atoms with Crippen LogP contribution in [0.15, 0.2) is 70.8 Å². The van der Waals surface area contributed by atoms with Crippen molar-refractivity contribution in [2.75, 3.05) is 6.61 Å². The molecular formula is C23H21N3O2S. The third-order valence-electron chi connectivity index (χ3n) is 4.66. The normalized spacial score (nSPS) is 11.0. The Morgan fingerprint density at radius 1 is 1.07 bits per heavy atom. The highest BCUT2D eigenvalue weighted by Crippen LogP contribution is 2.35. The smallest absolute Gasteiger partial charge is 0.342 e. The predicted molar refractivity (Wildman–Crippen MR) is 115 cm³/mol. The summed E-state index contributed by atoms with van der Waals surface area (Å²) in [6, 6.07) is 17.9. The predicted octanol–water partition coefficient (Wildman–Crippen LogP) is 5.27. The molecule has 0 aliphatic rings. The summed E-state index contributed by atoms with van der Waals surface area (Å²) in [5.41, 5.74) is 3.64. The summed E-state index contributed by atoms with van der Waals surface area (Å²) in [4.78, 5) is 23.0. The Labute approximate surface area is 173 Å². The second-order valence-electron chi connectivity index (χ2n) is 6.63. The van der Waals surface area contributed by atoms with Crippen molar-refractivity contribution in [3.63, 3.8) is 0 Å². The summed E-state index contributed by atoms with van der Waals surface area (Å²) in [7, 11) is 2.03. The first kappa shape index (κ1) is 19.2. The fourth-order valence-corrected chi connectivity index (χ4v) is 4.34. The zero-order valence-corrected chi connectivity index (χ0v) is 17.4. The molecule has 0 radical (unpaired) electrons. The van der Waals surface area contributed by atoms with Crippen LogP contribution in [0.4, 0.5) is 0 Å². The Morgan fingerprint density at radius 3 is 2.55 bits per heavy atom. The van der Waals surface area contributed by atoms with Crippen LogP contribution in [0.2, 0.25) is 0 Å². The lowest BCUT2D eigenvalue weighted by Gasteiger charge is -2.12. The van der Waals surface area contributed by atoms with Gasteiger partial charge in [0.05, 0.1) is 18.0 Å². The van der Waals surface area contributed by atoms with Gasteiger partial charge in [0.2, 0.25) is 0 Å². The molecule has 0 aliphatic heterocycles. The van der Waals surface area contributed by atoms with Crippen molar-refractivity contribution in [2.45, 2.75) is 23.9 Å². The second-order valence-corrected chi connectivity index (χ2v) is 7.63. The van der Waals surface area contributed by atoms with Gasteiger partial charge in [-0.2, -0.15) is 0 Å². The monoisotopic (exact) mass is 403 g/mol. The largest absolute Gasteiger partial charge is 0.462 e. The third kappa shape index (κ3) is 3.76. The first-order valence-electron chi connectivity index (χ1n) is 9.41. The molecule has 29 heavy (non-hydrogen) atoms. The molecule has 6 heteroatoms. The van der Waals surface area contributed by atoms with E-state index in [4.69, 9.17) is 9.72 Å². The molecule has 0 atom stereocenters. The number of hydrogen-bond donors (Lipinski definition) is 0. The second kappa shape index (κ2) is 8.09. The van der Waals surface area contributed by atoms with Gasteiger partial charge >= 0.3 is 5.97 Å². The Bertz CT molecular complexity index is 1190. The van der Waals surface area contributed by atoms with E-state index in [9.17, 15) is 4.79 Å². The number of para-hydroxylation sites is 1. The fourth-order valence-electron chi connectivity index (χ4n) is 3.33. The van der Waals surface area contributed by atoms with Crippen LogP contribution >= 0.6 is 11.8 Å². The van der Waals surface area contributed by atoms with E-state index in [0.29, 0.717) is 28.7 Å². The number of ether oxygens (including phenoxy) is 1. The number of carbonyl (C=O) groups excluding carboxylic acids is 1. The summed E-state index contributed by atoms with van der Waals surface area (Å²) in [6.45, 7) is 3.92. The van der Waals surface area contributed by atoms with Gasteiger partial charge in [-0.25, -0.2) is 14.8 Å². The van der Waals surface area contributed by atoms with Gasteiger partial charge in [0.1, 0.15) is 5.56 Å². The van der Waals surface area contributed by atoms with E-state index >= 15 is 0 Å². The quantitative estimate of drug-likeness (QED) is 0.335. The van der Waals surface area contributed by atoms with E-state index in [-0.39, 0.29) is 0 Å². The van der Waals surface area contributed by atoms with Crippen LogP contribution < -0.4 is 0 Å². The van der Waals surface area contributed by atoms with Crippen molar-refractivity contribution < 1.29 is 9.53 Å². The number of rotatable bonds is 5. The van der Waals surface area contributed by atoms with Gasteiger partial charge in [-0.1, -0.05) is 48.5 Å². The summed E-state index contributed by atoms with van der Waals surface area (Å²) < 4.78 is 7.35. The van der Waals surface area contributed by atoms with E-state index in [1.165, 1.54) is 11.8 Å². The van der Waals surface area contributed by atoms with Crippen LogP contribution in [0.25, 0.3) is 22.2 Å². The van der Waals surface area contributed by atoms with Crippen molar-refractivity contribution in [1.82, 2.24) is 14.5 Å². The molecule has 0 bridgehead atoms. The molecule has 146 valence electrons. The van der Waals surface area contributed by atoms with Crippen molar-refractivity contribution >= 4 is 28.6 Å². The Balaban J connectivity index is 1.83. The number of nitrogens with zero attached hydrogens (tertiary/aromatic N) is 3. The minimum Gasteiger partial charge on any atom is -0.462 e. The van der Waals surface area contributed by atoms with Gasteiger partial charge < -0.3 is 9.30 Å². The van der Waals surface area contributed by atoms with Gasteiger partial charge in [0.25, 0.3) is 0 Å². The molecule has 2 aromatic carbocycles. The maximum Gasteiger partial charge on any atom is 0.342 e. The average Bonchev–Trinajstić information content (AvgIpc) is 3.04. The van der Waals surface area contributed by atoms with Crippen LogP contribution in [0.3, 0.4) is 0 Å². The molecule has 0 fully saturated rings. The topological polar surface area (TPSA) is 57.0 Å². The van der Waals surface area contributed by atoms with Crippen molar-refractivity contribution in [3.8, 4) is 11.3 Å². The maximum absolute atomic E-state index is 12.6. The molecule has 4 rings (SSSR count). The van der Waals surface area contributed by atoms with Gasteiger partial charge in [0.15, 0.2) is 5.16 Å². The third-order valence-corrected chi connectivity index (χ3v) is 5.57. The first-order chi connectivity index (χ1) is 14.1. The Kier molecular flexibility index (Phi) is 5.36. The lowest BCUT2D eigenvalue weighted by molar-refractivity contribution is 0.0525. The summed E-state index contributed by atoms with van der Waals surface area (Å²) in [6.07, 6.45) is 2.08. The molecule has 0 saturated heterocycles. The van der Waals surface area contributed by atoms with Gasteiger partial charge in [-0.3, -0.25) is 0 Å². The van der Waals surface area contributed by atoms with Crippen LogP contribution in [0.5, 0.6) is 0 Å². The Hall–Kier alpha value is -3.12. The maximum atomic E-state index is 12.6. The highest BCUT2D eigenvalue weighted by Gasteiger charge is 2.22. The van der Waals surface area contributed by atoms with Crippen LogP contribution in [-0.4, -0.2) is 27.1 Å². The zero-order valence-electron chi connectivity index (χ0n) is 16.5. The van der Waals surface area contributed by atoms with E-state index in [0.717, 1.165) is 21.4 Å². The van der Waals surface area contributed by atoms with Crippen molar-refractivity contribution in [3.05, 3.63) is 72.1 Å². The number of hydrogen-bond acceptors (Lipinski definition) is 5. The van der Waals surface area contributed by atoms with Crippen molar-refractivity contribution in [1.29, 1.82) is 0 Å². The van der Waals surface area contributed by atoms with Crippen LogP contribution in [0, 0.1) is 6.92 Å². The molecule has 4 aromatic rings. The molecule has 5 nitrogen and oxygen atoms in total. The van der Waals surface area contributed by atoms with E-state index in [1.807, 2.05) is 56.4 Å². The van der Waals surface area contributed by atoms with Gasteiger partial charge in [-0.05, 0) is 31.7 Å². The van der Waals surface area contributed by atoms with Gasteiger partial charge in [0, 0.05) is 34.6 Å². The SMILES string of the molecule is CCOC(=O)c1c(C)nc(Sc2cn(C)c3ccccc23)nc1-c1ccccc1. The highest BCUT2D eigenvalue weighted by molar-refractivity contribution is 7.99. The summed E-state index contributed by atoms with van der Waals surface area (Å²) >= 11 is 1.50. The lowest BCUT2D eigenvalue weighted by Crippen LogP contribution is -2.12. The van der Waals surface area contributed by atoms with Gasteiger partial charge in [-0.15, -0.1) is 0 Å². The highest BCUT2D eigenvalue weighted by atomic mass is 32.2. The van der Waals surface area contributed by atoms with E-state index in [1.54, 1.807) is 6.92 Å². The van der Waals surface area contributed by atoms with Crippen molar-refractivity contribution in [2.24, 2.45) is 7.05 Å². The summed E-state index contributed by atoms with van der Waals surface area (Å²) in [5, 5.41) is 1.75. The molecular weight excluding hydrogens is 382 g/mol. The lowest BCUT2D eigenvalue weighted by atomic mass is 10.0. The summed E-state index contributed by atoms with van der Waals surface area (Å²) in [5.74, 6) is -0.398. The number of fused-ring (bicyclic) bond motifs is 1. The molecule has 2 aromatic heterocycles. The van der Waals surface area contributed by atoms with Crippen LogP contribution in [-0.2, 0) is 11.8 Å². The first-order valence-corrected chi connectivity index (χ1v) is 10.2. The molecule has 0 aliphatic carbocycles. The fraction of sp³-hybridized carbons (Fsp3) is 0.174. The number of aromatic nitrogens is 3. The average molecular weight is 404 g/mol. The number of esters is 1. The zero-order chi connectivity index (χ0) is 20.4. The Morgan fingerprint density at radius 2 is 1.79 bits per heavy atom. The minimum absolute atomic E-state index is 0.305. The van der Waals surface area contributed by atoms with Crippen LogP contribution in [0.1, 0.15) is 23.0 Å². The molecule has 2 heterocycles. The molecule has 0 amide bonds. The minimum atomic E-state index is -0.398. The molecule has 0 saturated carbocycles. The molecule has 0 unspecified atom stereocenters. The molecule has 0 N–H and O–H groups in total. The number of carbonyl (C=O) groups is 1. The molecule has 0 spiro atoms. The standard InChI is InChI=1S/C23H21N3O2S/c1-4-28-22(27)20-15(2)24-23(25-21(20)16-10-6-5-7-11-16)29-19-14-26(3)18-13-9-8-12-17(18)19/h5-14H,4H2,1-3H3. The number of benzene rings is 2. The van der Waals surface area contributed by atoms with E-state index in [2.05, 4.69) is 27.9 Å². The van der Waals surface area contributed by atoms with E-state index < -0.39 is 5.97 Å².